The molecule has 0 aromatic heterocycles. The zero-order valence-corrected chi connectivity index (χ0v) is 18.3. The lowest BCUT2D eigenvalue weighted by Crippen LogP contribution is -2.53. The molecule has 2 heterocycles. The molecule has 0 bridgehead atoms. The Labute approximate surface area is 180 Å². The van der Waals surface area contributed by atoms with Gasteiger partial charge in [0.25, 0.3) is 5.91 Å². The smallest absolute Gasteiger partial charge is 0.266 e. The molecule has 0 radical (unpaired) electrons. The Morgan fingerprint density at radius 1 is 1.41 bits per heavy atom. The second-order valence-electron chi connectivity index (χ2n) is 7.16. The van der Waals surface area contributed by atoms with Gasteiger partial charge >= 0.3 is 0 Å². The monoisotopic (exact) mass is 434 g/mol. The van der Waals surface area contributed by atoms with Crippen molar-refractivity contribution in [2.45, 2.75) is 44.7 Å². The molecule has 156 valence electrons. The Balaban J connectivity index is 1.80. The second-order valence-corrected chi connectivity index (χ2v) is 8.84. The highest BCUT2D eigenvalue weighted by molar-refractivity contribution is 8.26. The summed E-state index contributed by atoms with van der Waals surface area (Å²) >= 11 is 6.64. The average molecular weight is 435 g/mol. The topological polar surface area (TPSA) is 70.1 Å². The number of aliphatic hydroxyl groups excluding tert-OH is 1. The molecule has 0 aliphatic carbocycles. The summed E-state index contributed by atoms with van der Waals surface area (Å²) in [6.07, 6.45) is 5.18. The van der Waals surface area contributed by atoms with Crippen LogP contribution in [0.1, 0.15) is 38.2 Å². The van der Waals surface area contributed by atoms with Crippen LogP contribution in [0.5, 0.6) is 5.75 Å². The van der Waals surface area contributed by atoms with Gasteiger partial charge in [-0.3, -0.25) is 14.5 Å². The van der Waals surface area contributed by atoms with Crippen LogP contribution in [-0.4, -0.2) is 63.4 Å². The van der Waals surface area contributed by atoms with Gasteiger partial charge in [0.15, 0.2) is 0 Å². The number of thioether (sulfide) groups is 1. The normalized spacial score (nSPS) is 22.3. The molecule has 1 N–H and O–H groups in total. The van der Waals surface area contributed by atoms with E-state index in [1.165, 1.54) is 16.7 Å². The van der Waals surface area contributed by atoms with Crippen molar-refractivity contribution in [3.8, 4) is 5.75 Å². The summed E-state index contributed by atoms with van der Waals surface area (Å²) in [4.78, 5) is 29.9. The summed E-state index contributed by atoms with van der Waals surface area (Å²) in [7, 11) is 1.58. The molecule has 2 atom stereocenters. The largest absolute Gasteiger partial charge is 0.496 e. The van der Waals surface area contributed by atoms with E-state index in [-0.39, 0.29) is 24.5 Å². The van der Waals surface area contributed by atoms with E-state index in [1.807, 2.05) is 29.2 Å². The van der Waals surface area contributed by atoms with Crippen LogP contribution in [0.2, 0.25) is 0 Å². The Kier molecular flexibility index (Phi) is 7.32. The number of para-hydroxylation sites is 1. The molecule has 0 spiro atoms. The number of carbonyl (C=O) groups excluding carboxylic acids is 2. The van der Waals surface area contributed by atoms with Gasteiger partial charge < -0.3 is 14.7 Å². The molecule has 2 saturated heterocycles. The van der Waals surface area contributed by atoms with Gasteiger partial charge in [-0.1, -0.05) is 42.2 Å². The Bertz CT molecular complexity index is 825. The number of thiocarbonyl (C=S) groups is 1. The number of aliphatic hydroxyl groups is 1. The first-order valence-corrected chi connectivity index (χ1v) is 11.0. The molecule has 0 saturated carbocycles. The molecular formula is C21H26N2O4S2. The summed E-state index contributed by atoms with van der Waals surface area (Å²) in [5.41, 5.74) is 0.786. The van der Waals surface area contributed by atoms with Crippen LogP contribution >= 0.6 is 24.0 Å². The van der Waals surface area contributed by atoms with Gasteiger partial charge in [0.1, 0.15) is 16.1 Å². The molecule has 1 aromatic carbocycles. The van der Waals surface area contributed by atoms with Crippen LogP contribution in [0, 0.1) is 0 Å². The van der Waals surface area contributed by atoms with Crippen LogP contribution in [0.25, 0.3) is 6.08 Å². The highest BCUT2D eigenvalue weighted by Crippen LogP contribution is 2.36. The lowest BCUT2D eigenvalue weighted by Gasteiger charge is -2.38. The standard InChI is InChI=1S/C21H26N2O4S2/c1-14(19(25)22-11-6-5-8-16(22)10-12-24)23-20(26)18(29-21(23)28)13-15-7-3-4-9-17(15)27-2/h3-4,7,9,13-14,16,24H,5-6,8,10-12H2,1-2H3/b18-13+/t14-,16-/m0/s1. The zero-order valence-electron chi connectivity index (χ0n) is 16.7. The summed E-state index contributed by atoms with van der Waals surface area (Å²) in [5, 5.41) is 9.33. The lowest BCUT2D eigenvalue weighted by molar-refractivity contribution is -0.142. The number of likely N-dealkylation sites (tertiary alicyclic amines) is 1. The number of piperidine rings is 1. The van der Waals surface area contributed by atoms with E-state index in [2.05, 4.69) is 0 Å². The van der Waals surface area contributed by atoms with Crippen molar-refractivity contribution in [2.24, 2.45) is 0 Å². The number of benzene rings is 1. The van der Waals surface area contributed by atoms with E-state index in [1.54, 1.807) is 20.1 Å². The molecule has 6 nitrogen and oxygen atoms in total. The Morgan fingerprint density at radius 3 is 2.90 bits per heavy atom. The predicted molar refractivity (Wildman–Crippen MR) is 119 cm³/mol. The number of methoxy groups -OCH3 is 1. The maximum absolute atomic E-state index is 13.2. The Morgan fingerprint density at radius 2 is 2.17 bits per heavy atom. The summed E-state index contributed by atoms with van der Waals surface area (Å²) in [6.45, 7) is 2.43. The van der Waals surface area contributed by atoms with Gasteiger partial charge in [0.05, 0.1) is 12.0 Å². The van der Waals surface area contributed by atoms with Crippen LogP contribution in [0.4, 0.5) is 0 Å². The number of hydrogen-bond donors (Lipinski definition) is 1. The van der Waals surface area contributed by atoms with E-state index in [0.717, 1.165) is 24.8 Å². The number of ether oxygens (including phenoxy) is 1. The third kappa shape index (κ3) is 4.65. The molecule has 2 fully saturated rings. The molecule has 2 aliphatic heterocycles. The van der Waals surface area contributed by atoms with Crippen molar-refractivity contribution >= 4 is 46.2 Å². The van der Waals surface area contributed by atoms with Crippen molar-refractivity contribution in [3.63, 3.8) is 0 Å². The van der Waals surface area contributed by atoms with E-state index >= 15 is 0 Å². The SMILES string of the molecule is COc1ccccc1/C=C1/SC(=S)N([C@@H](C)C(=O)N2CCCC[C@H]2CCO)C1=O. The van der Waals surface area contributed by atoms with Crippen molar-refractivity contribution in [3.05, 3.63) is 34.7 Å². The fourth-order valence-electron chi connectivity index (χ4n) is 3.83. The number of amides is 2. The molecule has 3 rings (SSSR count). The molecule has 2 amide bonds. The number of nitrogens with zero attached hydrogens (tertiary/aromatic N) is 2. The van der Waals surface area contributed by atoms with Gasteiger partial charge in [-0.25, -0.2) is 0 Å². The number of carbonyl (C=O) groups is 2. The summed E-state index contributed by atoms with van der Waals surface area (Å²) < 4.78 is 5.73. The zero-order chi connectivity index (χ0) is 21.0. The van der Waals surface area contributed by atoms with Crippen molar-refractivity contribution in [1.82, 2.24) is 9.80 Å². The van der Waals surface area contributed by atoms with Gasteiger partial charge in [-0.05, 0) is 44.7 Å². The van der Waals surface area contributed by atoms with Crippen LogP contribution < -0.4 is 4.74 Å². The van der Waals surface area contributed by atoms with Gasteiger partial charge in [-0.2, -0.15) is 0 Å². The minimum Gasteiger partial charge on any atom is -0.496 e. The highest BCUT2D eigenvalue weighted by Gasteiger charge is 2.41. The van der Waals surface area contributed by atoms with Crippen LogP contribution in [0.15, 0.2) is 29.2 Å². The minimum atomic E-state index is -0.676. The second kappa shape index (κ2) is 9.73. The van der Waals surface area contributed by atoms with Crippen molar-refractivity contribution in [1.29, 1.82) is 0 Å². The molecular weight excluding hydrogens is 408 g/mol. The minimum absolute atomic E-state index is 0.0197. The maximum atomic E-state index is 13.2. The van der Waals surface area contributed by atoms with E-state index < -0.39 is 6.04 Å². The number of hydrogen-bond acceptors (Lipinski definition) is 6. The molecule has 2 aliphatic rings. The predicted octanol–water partition coefficient (Wildman–Crippen LogP) is 3.05. The third-order valence-electron chi connectivity index (χ3n) is 5.37. The quantitative estimate of drug-likeness (QED) is 0.548. The summed E-state index contributed by atoms with van der Waals surface area (Å²) in [6, 6.07) is 6.78. The fraction of sp³-hybridized carbons (Fsp3) is 0.476. The maximum Gasteiger partial charge on any atom is 0.266 e. The van der Waals surface area contributed by atoms with E-state index in [0.29, 0.717) is 27.9 Å². The van der Waals surface area contributed by atoms with Crippen molar-refractivity contribution in [2.75, 3.05) is 20.3 Å². The van der Waals surface area contributed by atoms with E-state index in [9.17, 15) is 14.7 Å². The van der Waals surface area contributed by atoms with Crippen LogP contribution in [0.3, 0.4) is 0 Å². The molecule has 29 heavy (non-hydrogen) atoms. The van der Waals surface area contributed by atoms with Gasteiger partial charge in [0, 0.05) is 24.8 Å². The lowest BCUT2D eigenvalue weighted by atomic mass is 9.98. The average Bonchev–Trinajstić information content (AvgIpc) is 3.01. The fourth-order valence-corrected chi connectivity index (χ4v) is 5.24. The number of rotatable bonds is 6. The summed E-state index contributed by atoms with van der Waals surface area (Å²) in [5.74, 6) is 0.294. The third-order valence-corrected chi connectivity index (χ3v) is 6.70. The first-order chi connectivity index (χ1) is 14.0. The first kappa shape index (κ1) is 21.8. The molecule has 1 aromatic rings. The van der Waals surface area contributed by atoms with Crippen LogP contribution in [-0.2, 0) is 9.59 Å². The Hall–Kier alpha value is -1.90. The molecule has 0 unspecified atom stereocenters. The van der Waals surface area contributed by atoms with E-state index in [4.69, 9.17) is 17.0 Å². The van der Waals surface area contributed by atoms with Gasteiger partial charge in [-0.15, -0.1) is 0 Å². The van der Waals surface area contributed by atoms with Crippen molar-refractivity contribution < 1.29 is 19.4 Å². The highest BCUT2D eigenvalue weighted by atomic mass is 32.2. The van der Waals surface area contributed by atoms with Gasteiger partial charge in [0.2, 0.25) is 5.91 Å². The first-order valence-electron chi connectivity index (χ1n) is 9.79. The molecule has 8 heteroatoms.